The van der Waals surface area contributed by atoms with E-state index in [4.69, 9.17) is 0 Å². The number of hydrogen-bond acceptors (Lipinski definition) is 3. The highest BCUT2D eigenvalue weighted by Gasteiger charge is 2.27. The summed E-state index contributed by atoms with van der Waals surface area (Å²) in [7, 11) is 0. The Labute approximate surface area is 145 Å². The summed E-state index contributed by atoms with van der Waals surface area (Å²) in [6.45, 7) is 1.32. The van der Waals surface area contributed by atoms with Crippen molar-refractivity contribution in [3.63, 3.8) is 0 Å². The molecule has 3 aromatic carbocycles. The summed E-state index contributed by atoms with van der Waals surface area (Å²) in [6.07, 6.45) is 0.313. The SMILES string of the molecule is CCC(O)(CO)c1cc(F)cc(Sc2ccc3ccccc3c2)c1. The Kier molecular flexibility index (Phi) is 4.90. The van der Waals surface area contributed by atoms with E-state index in [2.05, 4.69) is 6.07 Å². The van der Waals surface area contributed by atoms with E-state index in [1.807, 2.05) is 36.4 Å². The van der Waals surface area contributed by atoms with Crippen molar-refractivity contribution >= 4 is 22.5 Å². The van der Waals surface area contributed by atoms with E-state index in [0.29, 0.717) is 16.9 Å². The molecule has 0 aliphatic heterocycles. The molecule has 0 aromatic heterocycles. The molecule has 0 spiro atoms. The molecule has 2 nitrogen and oxygen atoms in total. The van der Waals surface area contributed by atoms with Gasteiger partial charge in [0.25, 0.3) is 0 Å². The van der Waals surface area contributed by atoms with Gasteiger partial charge in [0.15, 0.2) is 0 Å². The largest absolute Gasteiger partial charge is 0.393 e. The van der Waals surface area contributed by atoms with Crippen LogP contribution < -0.4 is 0 Å². The van der Waals surface area contributed by atoms with Crippen molar-refractivity contribution in [2.45, 2.75) is 28.7 Å². The highest BCUT2D eigenvalue weighted by atomic mass is 32.2. The molecule has 0 saturated heterocycles. The summed E-state index contributed by atoms with van der Waals surface area (Å²) >= 11 is 1.44. The van der Waals surface area contributed by atoms with Crippen LogP contribution in [0.25, 0.3) is 10.8 Å². The van der Waals surface area contributed by atoms with Crippen LogP contribution >= 0.6 is 11.8 Å². The van der Waals surface area contributed by atoms with Crippen molar-refractivity contribution in [1.29, 1.82) is 0 Å². The van der Waals surface area contributed by atoms with Gasteiger partial charge in [-0.15, -0.1) is 0 Å². The van der Waals surface area contributed by atoms with Crippen LogP contribution in [0.1, 0.15) is 18.9 Å². The molecule has 0 heterocycles. The number of hydrogen-bond donors (Lipinski definition) is 2. The van der Waals surface area contributed by atoms with E-state index in [1.165, 1.54) is 23.9 Å². The van der Waals surface area contributed by atoms with Crippen molar-refractivity contribution in [3.05, 3.63) is 72.0 Å². The minimum Gasteiger partial charge on any atom is -0.393 e. The molecular weight excluding hydrogens is 323 g/mol. The summed E-state index contributed by atoms with van der Waals surface area (Å²) in [4.78, 5) is 1.69. The highest BCUT2D eigenvalue weighted by Crippen LogP contribution is 2.34. The van der Waals surface area contributed by atoms with Gasteiger partial charge in [-0.1, -0.05) is 49.0 Å². The van der Waals surface area contributed by atoms with E-state index in [1.54, 1.807) is 13.0 Å². The molecule has 3 aromatic rings. The van der Waals surface area contributed by atoms with Gasteiger partial charge in [0.05, 0.1) is 6.61 Å². The number of aliphatic hydroxyl groups excluding tert-OH is 1. The van der Waals surface area contributed by atoms with Gasteiger partial charge in [0.1, 0.15) is 11.4 Å². The van der Waals surface area contributed by atoms with Crippen LogP contribution in [0.15, 0.2) is 70.5 Å². The highest BCUT2D eigenvalue weighted by molar-refractivity contribution is 7.99. The number of fused-ring (bicyclic) bond motifs is 1. The smallest absolute Gasteiger partial charge is 0.124 e. The fraction of sp³-hybridized carbons (Fsp3) is 0.200. The molecule has 0 aliphatic rings. The van der Waals surface area contributed by atoms with Crippen molar-refractivity contribution in [1.82, 2.24) is 0 Å². The van der Waals surface area contributed by atoms with Gasteiger partial charge in [0.2, 0.25) is 0 Å². The maximum atomic E-state index is 14.0. The third-order valence-electron chi connectivity index (χ3n) is 4.21. The zero-order valence-electron chi connectivity index (χ0n) is 13.4. The van der Waals surface area contributed by atoms with Crippen LogP contribution in [0.2, 0.25) is 0 Å². The van der Waals surface area contributed by atoms with Crippen LogP contribution in [0.3, 0.4) is 0 Å². The number of benzene rings is 3. The van der Waals surface area contributed by atoms with E-state index in [0.717, 1.165) is 15.7 Å². The minimum atomic E-state index is -1.42. The molecule has 0 radical (unpaired) electrons. The monoisotopic (exact) mass is 342 g/mol. The second kappa shape index (κ2) is 6.93. The first kappa shape index (κ1) is 17.0. The van der Waals surface area contributed by atoms with Gasteiger partial charge in [0, 0.05) is 9.79 Å². The van der Waals surface area contributed by atoms with Gasteiger partial charge in [-0.2, -0.15) is 0 Å². The maximum Gasteiger partial charge on any atom is 0.124 e. The summed E-state index contributed by atoms with van der Waals surface area (Å²) in [5.74, 6) is -0.420. The minimum absolute atomic E-state index is 0.313. The summed E-state index contributed by atoms with van der Waals surface area (Å²) in [6, 6.07) is 18.6. The average molecular weight is 342 g/mol. The van der Waals surface area contributed by atoms with E-state index in [9.17, 15) is 14.6 Å². The Morgan fingerprint density at radius 2 is 1.71 bits per heavy atom. The molecular formula is C20H19FO2S. The zero-order chi connectivity index (χ0) is 17.2. The van der Waals surface area contributed by atoms with Crippen LogP contribution in [0.5, 0.6) is 0 Å². The van der Waals surface area contributed by atoms with Crippen molar-refractivity contribution in [2.24, 2.45) is 0 Å². The lowest BCUT2D eigenvalue weighted by atomic mass is 9.92. The number of rotatable bonds is 5. The summed E-state index contributed by atoms with van der Waals surface area (Å²) in [5, 5.41) is 22.2. The Hall–Kier alpha value is -1.88. The van der Waals surface area contributed by atoms with E-state index in [-0.39, 0.29) is 0 Å². The molecule has 24 heavy (non-hydrogen) atoms. The summed E-state index contributed by atoms with van der Waals surface area (Å²) in [5.41, 5.74) is -1.02. The fourth-order valence-electron chi connectivity index (χ4n) is 2.66. The predicted molar refractivity (Wildman–Crippen MR) is 95.7 cm³/mol. The second-order valence-corrected chi connectivity index (χ2v) is 6.98. The molecule has 2 N–H and O–H groups in total. The number of halogens is 1. The topological polar surface area (TPSA) is 40.5 Å². The average Bonchev–Trinajstić information content (AvgIpc) is 2.60. The van der Waals surface area contributed by atoms with Crippen LogP contribution in [-0.4, -0.2) is 16.8 Å². The molecule has 0 fully saturated rings. The molecule has 1 unspecified atom stereocenters. The zero-order valence-corrected chi connectivity index (χ0v) is 14.2. The normalized spacial score (nSPS) is 13.8. The maximum absolute atomic E-state index is 14.0. The lowest BCUT2D eigenvalue weighted by Crippen LogP contribution is -2.29. The number of aliphatic hydroxyl groups is 2. The first-order valence-electron chi connectivity index (χ1n) is 7.85. The molecule has 0 amide bonds. The molecule has 124 valence electrons. The molecule has 0 saturated carbocycles. The Morgan fingerprint density at radius 3 is 2.42 bits per heavy atom. The lowest BCUT2D eigenvalue weighted by Gasteiger charge is -2.25. The first-order chi connectivity index (χ1) is 11.5. The fourth-order valence-corrected chi connectivity index (χ4v) is 3.62. The van der Waals surface area contributed by atoms with Gasteiger partial charge < -0.3 is 10.2 Å². The molecule has 4 heteroatoms. The third-order valence-corrected chi connectivity index (χ3v) is 5.17. The van der Waals surface area contributed by atoms with Crippen LogP contribution in [-0.2, 0) is 5.60 Å². The Bertz CT molecular complexity index is 859. The van der Waals surface area contributed by atoms with Crippen molar-refractivity contribution < 1.29 is 14.6 Å². The second-order valence-electron chi connectivity index (χ2n) is 5.83. The Morgan fingerprint density at radius 1 is 0.958 bits per heavy atom. The molecule has 3 rings (SSSR count). The van der Waals surface area contributed by atoms with E-state index < -0.39 is 18.0 Å². The predicted octanol–water partition coefficient (Wildman–Crippen LogP) is 4.72. The van der Waals surface area contributed by atoms with Gasteiger partial charge in [-0.25, -0.2) is 4.39 Å². The van der Waals surface area contributed by atoms with Crippen molar-refractivity contribution in [2.75, 3.05) is 6.61 Å². The van der Waals surface area contributed by atoms with Gasteiger partial charge >= 0.3 is 0 Å². The van der Waals surface area contributed by atoms with Crippen LogP contribution in [0, 0.1) is 5.82 Å². The third kappa shape index (κ3) is 3.46. The Balaban J connectivity index is 1.95. The van der Waals surface area contributed by atoms with Gasteiger partial charge in [-0.05, 0) is 53.1 Å². The standard InChI is InChI=1S/C20H19FO2S/c1-2-20(23,13-22)16-10-17(21)12-19(11-16)24-18-8-7-14-5-3-4-6-15(14)9-18/h3-12,22-23H,2,13H2,1H3. The van der Waals surface area contributed by atoms with E-state index >= 15 is 0 Å². The lowest BCUT2D eigenvalue weighted by molar-refractivity contribution is -0.0226. The van der Waals surface area contributed by atoms with Gasteiger partial charge in [-0.3, -0.25) is 0 Å². The molecule has 1 atom stereocenters. The van der Waals surface area contributed by atoms with Crippen LogP contribution in [0.4, 0.5) is 4.39 Å². The quantitative estimate of drug-likeness (QED) is 0.705. The van der Waals surface area contributed by atoms with Crippen molar-refractivity contribution in [3.8, 4) is 0 Å². The molecule has 0 bridgehead atoms. The summed E-state index contributed by atoms with van der Waals surface area (Å²) < 4.78 is 14.0. The first-order valence-corrected chi connectivity index (χ1v) is 8.67. The molecule has 0 aliphatic carbocycles.